The van der Waals surface area contributed by atoms with Gasteiger partial charge >= 0.3 is 0 Å². The molecule has 1 N–H and O–H groups in total. The van der Waals surface area contributed by atoms with Crippen LogP contribution in [0.15, 0.2) is 18.2 Å². The number of hydrogen-bond donors (Lipinski definition) is 1. The standard InChI is InChI=1S/C12H14ClNO2/c1-8(2)12(16)14-6-9-3-4-11(13)10(5-9)7-15/h3-5,7-8H,6H2,1-2H3,(H,14,16). The van der Waals surface area contributed by atoms with Gasteiger partial charge < -0.3 is 5.32 Å². The Morgan fingerprint density at radius 3 is 2.75 bits per heavy atom. The van der Waals surface area contributed by atoms with Crippen molar-refractivity contribution in [3.63, 3.8) is 0 Å². The summed E-state index contributed by atoms with van der Waals surface area (Å²) in [7, 11) is 0. The predicted molar refractivity (Wildman–Crippen MR) is 63.5 cm³/mol. The molecule has 1 rings (SSSR count). The summed E-state index contributed by atoms with van der Waals surface area (Å²) in [5.74, 6) is -0.0551. The summed E-state index contributed by atoms with van der Waals surface area (Å²) >= 11 is 5.79. The van der Waals surface area contributed by atoms with Crippen LogP contribution >= 0.6 is 11.6 Å². The highest BCUT2D eigenvalue weighted by Crippen LogP contribution is 2.15. The zero-order valence-corrected chi connectivity index (χ0v) is 10.0. The molecule has 0 radical (unpaired) electrons. The van der Waals surface area contributed by atoms with E-state index in [1.54, 1.807) is 18.2 Å². The Labute approximate surface area is 99.8 Å². The summed E-state index contributed by atoms with van der Waals surface area (Å²) in [5.41, 5.74) is 1.30. The van der Waals surface area contributed by atoms with Crippen molar-refractivity contribution >= 4 is 23.8 Å². The molecular formula is C12H14ClNO2. The van der Waals surface area contributed by atoms with E-state index in [-0.39, 0.29) is 11.8 Å². The maximum absolute atomic E-state index is 11.3. The average molecular weight is 240 g/mol. The lowest BCUT2D eigenvalue weighted by atomic mass is 10.1. The van der Waals surface area contributed by atoms with Crippen molar-refractivity contribution in [1.29, 1.82) is 0 Å². The van der Waals surface area contributed by atoms with E-state index in [2.05, 4.69) is 5.32 Å². The molecule has 1 aromatic carbocycles. The second-order valence-electron chi connectivity index (χ2n) is 3.85. The van der Waals surface area contributed by atoms with Gasteiger partial charge in [0.25, 0.3) is 0 Å². The third-order valence-corrected chi connectivity index (χ3v) is 2.52. The molecule has 86 valence electrons. The number of aldehydes is 1. The maximum atomic E-state index is 11.3. The Hall–Kier alpha value is -1.35. The molecule has 0 aliphatic heterocycles. The highest BCUT2D eigenvalue weighted by atomic mass is 35.5. The predicted octanol–water partition coefficient (Wildman–Crippen LogP) is 2.42. The molecule has 0 aromatic heterocycles. The van der Waals surface area contributed by atoms with Crippen molar-refractivity contribution in [2.75, 3.05) is 0 Å². The zero-order valence-electron chi connectivity index (χ0n) is 9.29. The third-order valence-electron chi connectivity index (χ3n) is 2.18. The number of carbonyl (C=O) groups excluding carboxylic acids is 2. The first-order valence-corrected chi connectivity index (χ1v) is 5.43. The number of hydrogen-bond acceptors (Lipinski definition) is 2. The minimum Gasteiger partial charge on any atom is -0.352 e. The van der Waals surface area contributed by atoms with Crippen LogP contribution in [0.5, 0.6) is 0 Å². The molecule has 16 heavy (non-hydrogen) atoms. The summed E-state index contributed by atoms with van der Waals surface area (Å²) in [6, 6.07) is 5.12. The van der Waals surface area contributed by atoms with Gasteiger partial charge in [-0.15, -0.1) is 0 Å². The van der Waals surface area contributed by atoms with Crippen LogP contribution < -0.4 is 5.32 Å². The lowest BCUT2D eigenvalue weighted by molar-refractivity contribution is -0.124. The Morgan fingerprint density at radius 2 is 2.19 bits per heavy atom. The highest BCUT2D eigenvalue weighted by Gasteiger charge is 2.06. The van der Waals surface area contributed by atoms with Crippen molar-refractivity contribution in [1.82, 2.24) is 5.32 Å². The van der Waals surface area contributed by atoms with Crippen LogP contribution in [0.4, 0.5) is 0 Å². The van der Waals surface area contributed by atoms with Crippen LogP contribution in [-0.4, -0.2) is 12.2 Å². The molecule has 0 heterocycles. The summed E-state index contributed by atoms with van der Waals surface area (Å²) in [6.07, 6.45) is 0.704. The Bertz CT molecular complexity index is 402. The molecule has 0 saturated carbocycles. The van der Waals surface area contributed by atoms with Gasteiger partial charge in [-0.25, -0.2) is 0 Å². The van der Waals surface area contributed by atoms with Crippen LogP contribution in [0.2, 0.25) is 5.02 Å². The van der Waals surface area contributed by atoms with E-state index in [0.717, 1.165) is 5.56 Å². The van der Waals surface area contributed by atoms with Crippen LogP contribution in [0.3, 0.4) is 0 Å². The van der Waals surface area contributed by atoms with E-state index < -0.39 is 0 Å². The second kappa shape index (κ2) is 5.66. The Balaban J connectivity index is 2.68. The third kappa shape index (κ3) is 3.35. The monoisotopic (exact) mass is 239 g/mol. The molecule has 1 aromatic rings. The number of carbonyl (C=O) groups is 2. The van der Waals surface area contributed by atoms with E-state index >= 15 is 0 Å². The van der Waals surface area contributed by atoms with Crippen molar-refractivity contribution < 1.29 is 9.59 Å². The molecule has 0 saturated heterocycles. The quantitative estimate of drug-likeness (QED) is 0.821. The topological polar surface area (TPSA) is 46.2 Å². The van der Waals surface area contributed by atoms with Gasteiger partial charge in [-0.3, -0.25) is 9.59 Å². The van der Waals surface area contributed by atoms with Gasteiger partial charge in [-0.2, -0.15) is 0 Å². The van der Waals surface area contributed by atoms with Gasteiger partial charge in [0.2, 0.25) is 5.91 Å². The van der Waals surface area contributed by atoms with E-state index in [1.807, 2.05) is 13.8 Å². The van der Waals surface area contributed by atoms with Crippen LogP contribution in [0.1, 0.15) is 29.8 Å². The first-order chi connectivity index (χ1) is 7.54. The SMILES string of the molecule is CC(C)C(=O)NCc1ccc(Cl)c(C=O)c1. The molecule has 0 bridgehead atoms. The van der Waals surface area contributed by atoms with Crippen molar-refractivity contribution in [2.24, 2.45) is 5.92 Å². The van der Waals surface area contributed by atoms with E-state index in [9.17, 15) is 9.59 Å². The molecule has 3 nitrogen and oxygen atoms in total. The summed E-state index contributed by atoms with van der Waals surface area (Å²) in [4.78, 5) is 22.0. The summed E-state index contributed by atoms with van der Waals surface area (Å²) in [5, 5.41) is 3.20. The Morgan fingerprint density at radius 1 is 1.50 bits per heavy atom. The number of amides is 1. The van der Waals surface area contributed by atoms with Crippen molar-refractivity contribution in [2.45, 2.75) is 20.4 Å². The molecule has 0 fully saturated rings. The average Bonchev–Trinajstić information content (AvgIpc) is 2.27. The van der Waals surface area contributed by atoms with E-state index in [0.29, 0.717) is 23.4 Å². The molecule has 4 heteroatoms. The molecule has 0 aliphatic rings. The molecule has 1 amide bonds. The molecule has 0 aliphatic carbocycles. The van der Waals surface area contributed by atoms with Gasteiger partial charge in [0.05, 0.1) is 5.02 Å². The van der Waals surface area contributed by atoms with Gasteiger partial charge in [0.1, 0.15) is 0 Å². The molecule has 0 unspecified atom stereocenters. The van der Waals surface area contributed by atoms with Gasteiger partial charge in [-0.05, 0) is 17.7 Å². The summed E-state index contributed by atoms with van der Waals surface area (Å²) in [6.45, 7) is 4.07. The summed E-state index contributed by atoms with van der Waals surface area (Å²) < 4.78 is 0. The fourth-order valence-electron chi connectivity index (χ4n) is 1.19. The van der Waals surface area contributed by atoms with Gasteiger partial charge in [-0.1, -0.05) is 31.5 Å². The van der Waals surface area contributed by atoms with Crippen LogP contribution in [0.25, 0.3) is 0 Å². The number of nitrogens with one attached hydrogen (secondary N) is 1. The molecule has 0 atom stereocenters. The largest absolute Gasteiger partial charge is 0.352 e. The normalized spacial score (nSPS) is 10.2. The van der Waals surface area contributed by atoms with Gasteiger partial charge in [0.15, 0.2) is 6.29 Å². The van der Waals surface area contributed by atoms with E-state index in [1.165, 1.54) is 0 Å². The lowest BCUT2D eigenvalue weighted by Crippen LogP contribution is -2.27. The number of benzene rings is 1. The maximum Gasteiger partial charge on any atom is 0.222 e. The van der Waals surface area contributed by atoms with Crippen LogP contribution in [-0.2, 0) is 11.3 Å². The highest BCUT2D eigenvalue weighted by molar-refractivity contribution is 6.32. The van der Waals surface area contributed by atoms with Crippen molar-refractivity contribution in [3.8, 4) is 0 Å². The minimum atomic E-state index is -0.0437. The van der Waals surface area contributed by atoms with E-state index in [4.69, 9.17) is 11.6 Å². The number of rotatable bonds is 4. The van der Waals surface area contributed by atoms with Crippen molar-refractivity contribution in [3.05, 3.63) is 34.3 Å². The molecule has 0 spiro atoms. The first-order valence-electron chi connectivity index (χ1n) is 5.06. The fourth-order valence-corrected chi connectivity index (χ4v) is 1.35. The zero-order chi connectivity index (χ0) is 12.1. The first kappa shape index (κ1) is 12.7. The molecular weight excluding hydrogens is 226 g/mol. The number of halogens is 1. The Kier molecular flexibility index (Phi) is 4.50. The lowest BCUT2D eigenvalue weighted by Gasteiger charge is -2.08. The smallest absolute Gasteiger partial charge is 0.222 e. The van der Waals surface area contributed by atoms with Gasteiger partial charge in [0, 0.05) is 18.0 Å². The minimum absolute atomic E-state index is 0.0115. The van der Waals surface area contributed by atoms with Crippen LogP contribution in [0, 0.1) is 5.92 Å². The fraction of sp³-hybridized carbons (Fsp3) is 0.333. The second-order valence-corrected chi connectivity index (χ2v) is 4.25.